The fraction of sp³-hybridized carbons (Fsp3) is 0.857. The molecule has 1 amide bonds. The van der Waals surface area contributed by atoms with Gasteiger partial charge in [0.25, 0.3) is 0 Å². The van der Waals surface area contributed by atoms with E-state index in [0.29, 0.717) is 12.5 Å². The van der Waals surface area contributed by atoms with Crippen LogP contribution >= 0.6 is 0 Å². The summed E-state index contributed by atoms with van der Waals surface area (Å²) in [5.74, 6) is -0.695. The van der Waals surface area contributed by atoms with E-state index in [4.69, 9.17) is 0 Å². The summed E-state index contributed by atoms with van der Waals surface area (Å²) >= 11 is 0. The first-order valence-corrected chi connectivity index (χ1v) is 7.36. The lowest BCUT2D eigenvalue weighted by Crippen LogP contribution is -2.52. The number of likely N-dealkylation sites (tertiary alicyclic amines) is 2. The Morgan fingerprint density at radius 2 is 1.79 bits per heavy atom. The van der Waals surface area contributed by atoms with Crippen LogP contribution in [0.2, 0.25) is 0 Å². The van der Waals surface area contributed by atoms with Crippen LogP contribution in [0.1, 0.15) is 45.4 Å². The Labute approximate surface area is 114 Å². The van der Waals surface area contributed by atoms with Crippen LogP contribution in [-0.2, 0) is 9.59 Å². The molecule has 0 aromatic heterocycles. The summed E-state index contributed by atoms with van der Waals surface area (Å²) in [7, 11) is 0. The number of carboxylic acid groups (broad SMARTS) is 1. The van der Waals surface area contributed by atoms with Gasteiger partial charge in [0.05, 0.1) is 6.54 Å². The first kappa shape index (κ1) is 14.3. The van der Waals surface area contributed by atoms with Crippen LogP contribution in [0.3, 0.4) is 0 Å². The highest BCUT2D eigenvalue weighted by molar-refractivity contribution is 5.80. The van der Waals surface area contributed by atoms with E-state index >= 15 is 0 Å². The fourth-order valence-corrected chi connectivity index (χ4v) is 3.19. The summed E-state index contributed by atoms with van der Waals surface area (Å²) in [4.78, 5) is 27.3. The summed E-state index contributed by atoms with van der Waals surface area (Å²) < 4.78 is 0. The third kappa shape index (κ3) is 3.47. The number of hydrogen-bond donors (Lipinski definition) is 1. The molecule has 0 aliphatic carbocycles. The Hall–Kier alpha value is -1.10. The molecule has 0 spiro atoms. The second kappa shape index (κ2) is 6.37. The number of piperidine rings is 2. The lowest BCUT2D eigenvalue weighted by atomic mass is 10.0. The molecule has 2 atom stereocenters. The van der Waals surface area contributed by atoms with Gasteiger partial charge in [0.15, 0.2) is 0 Å². The number of aliphatic carboxylic acids is 1. The van der Waals surface area contributed by atoms with Crippen LogP contribution in [0.15, 0.2) is 0 Å². The highest BCUT2D eigenvalue weighted by atomic mass is 16.4. The van der Waals surface area contributed by atoms with E-state index in [1.54, 1.807) is 0 Å². The molecule has 0 bridgehead atoms. The summed E-state index contributed by atoms with van der Waals surface area (Å²) in [6.45, 7) is 3.90. The molecule has 0 saturated carbocycles. The molecule has 1 N–H and O–H groups in total. The predicted molar refractivity (Wildman–Crippen MR) is 71.9 cm³/mol. The molecule has 2 aliphatic rings. The van der Waals surface area contributed by atoms with E-state index in [9.17, 15) is 14.7 Å². The minimum absolute atomic E-state index is 0.0975. The van der Waals surface area contributed by atoms with Crippen molar-refractivity contribution in [3.8, 4) is 0 Å². The molecule has 2 aliphatic heterocycles. The van der Waals surface area contributed by atoms with Gasteiger partial charge < -0.3 is 10.0 Å². The third-order valence-electron chi connectivity index (χ3n) is 4.36. The SMILES string of the molecule is CC1CCCCN1C(=O)CN1CCCCC1C(=O)O. The molecule has 5 nitrogen and oxygen atoms in total. The minimum atomic E-state index is -0.792. The zero-order chi connectivity index (χ0) is 13.8. The van der Waals surface area contributed by atoms with Crippen LogP contribution in [0, 0.1) is 0 Å². The van der Waals surface area contributed by atoms with Gasteiger partial charge in [0.2, 0.25) is 5.91 Å². The molecular weight excluding hydrogens is 244 g/mol. The monoisotopic (exact) mass is 268 g/mol. The molecule has 2 saturated heterocycles. The molecular formula is C14H24N2O3. The Kier molecular flexibility index (Phi) is 4.80. The van der Waals surface area contributed by atoms with Gasteiger partial charge >= 0.3 is 5.97 Å². The van der Waals surface area contributed by atoms with Crippen LogP contribution in [0.25, 0.3) is 0 Å². The number of amides is 1. The van der Waals surface area contributed by atoms with Crippen LogP contribution < -0.4 is 0 Å². The Bertz CT molecular complexity index is 346. The average Bonchev–Trinajstić information content (AvgIpc) is 2.39. The quantitative estimate of drug-likeness (QED) is 0.839. The van der Waals surface area contributed by atoms with Gasteiger partial charge in [-0.3, -0.25) is 14.5 Å². The normalized spacial score (nSPS) is 29.2. The first-order valence-electron chi connectivity index (χ1n) is 7.36. The average molecular weight is 268 g/mol. The van der Waals surface area contributed by atoms with Crippen molar-refractivity contribution >= 4 is 11.9 Å². The Morgan fingerprint density at radius 3 is 2.47 bits per heavy atom. The highest BCUT2D eigenvalue weighted by Gasteiger charge is 2.32. The van der Waals surface area contributed by atoms with Gasteiger partial charge in [-0.2, -0.15) is 0 Å². The summed E-state index contributed by atoms with van der Waals surface area (Å²) in [6.07, 6.45) is 5.92. The molecule has 2 heterocycles. The van der Waals surface area contributed by atoms with Gasteiger partial charge in [0.1, 0.15) is 6.04 Å². The van der Waals surface area contributed by atoms with Crippen molar-refractivity contribution in [3.63, 3.8) is 0 Å². The van der Waals surface area contributed by atoms with Crippen molar-refractivity contribution in [2.24, 2.45) is 0 Å². The molecule has 0 aromatic carbocycles. The number of carbonyl (C=O) groups excluding carboxylic acids is 1. The molecule has 2 rings (SSSR count). The van der Waals surface area contributed by atoms with Crippen molar-refractivity contribution in [3.05, 3.63) is 0 Å². The molecule has 2 fully saturated rings. The van der Waals surface area contributed by atoms with Crippen LogP contribution in [0.4, 0.5) is 0 Å². The standard InChI is InChI=1S/C14H24N2O3/c1-11-6-2-5-9-16(11)13(17)10-15-8-4-3-7-12(15)14(18)19/h11-12H,2-10H2,1H3,(H,18,19). The summed E-state index contributed by atoms with van der Waals surface area (Å²) in [5.41, 5.74) is 0. The van der Waals surface area contributed by atoms with E-state index in [1.165, 1.54) is 6.42 Å². The van der Waals surface area contributed by atoms with Crippen LogP contribution in [0.5, 0.6) is 0 Å². The Morgan fingerprint density at radius 1 is 1.11 bits per heavy atom. The maximum Gasteiger partial charge on any atom is 0.320 e. The lowest BCUT2D eigenvalue weighted by molar-refractivity contribution is -0.146. The summed E-state index contributed by atoms with van der Waals surface area (Å²) in [6, 6.07) is -0.174. The van der Waals surface area contributed by atoms with Gasteiger partial charge in [-0.15, -0.1) is 0 Å². The van der Waals surface area contributed by atoms with Gasteiger partial charge in [-0.05, 0) is 45.6 Å². The van der Waals surface area contributed by atoms with Crippen molar-refractivity contribution in [2.75, 3.05) is 19.6 Å². The number of nitrogens with zero attached hydrogens (tertiary/aromatic N) is 2. The molecule has 0 radical (unpaired) electrons. The van der Waals surface area contributed by atoms with Gasteiger partial charge in [-0.25, -0.2) is 0 Å². The molecule has 0 aromatic rings. The van der Waals surface area contributed by atoms with Crippen molar-refractivity contribution in [1.82, 2.24) is 9.80 Å². The van der Waals surface area contributed by atoms with Gasteiger partial charge in [-0.1, -0.05) is 6.42 Å². The molecule has 19 heavy (non-hydrogen) atoms. The fourth-order valence-electron chi connectivity index (χ4n) is 3.19. The van der Waals surface area contributed by atoms with Crippen molar-refractivity contribution in [2.45, 2.75) is 57.5 Å². The zero-order valence-electron chi connectivity index (χ0n) is 11.7. The first-order chi connectivity index (χ1) is 9.09. The molecule has 5 heteroatoms. The van der Waals surface area contributed by atoms with Crippen LogP contribution in [-0.4, -0.2) is 58.5 Å². The van der Waals surface area contributed by atoms with E-state index in [0.717, 1.165) is 38.8 Å². The summed E-state index contributed by atoms with van der Waals surface area (Å²) in [5, 5.41) is 9.22. The van der Waals surface area contributed by atoms with Crippen molar-refractivity contribution in [1.29, 1.82) is 0 Å². The largest absolute Gasteiger partial charge is 0.480 e. The van der Waals surface area contributed by atoms with E-state index in [-0.39, 0.29) is 12.5 Å². The number of carbonyl (C=O) groups is 2. The Balaban J connectivity index is 1.94. The zero-order valence-corrected chi connectivity index (χ0v) is 11.7. The number of rotatable bonds is 3. The smallest absolute Gasteiger partial charge is 0.320 e. The second-order valence-corrected chi connectivity index (χ2v) is 5.75. The van der Waals surface area contributed by atoms with E-state index in [2.05, 4.69) is 6.92 Å². The lowest BCUT2D eigenvalue weighted by Gasteiger charge is -2.37. The topological polar surface area (TPSA) is 60.9 Å². The minimum Gasteiger partial charge on any atom is -0.480 e. The maximum atomic E-state index is 12.3. The third-order valence-corrected chi connectivity index (χ3v) is 4.36. The molecule has 108 valence electrons. The maximum absolute atomic E-state index is 12.3. The van der Waals surface area contributed by atoms with E-state index in [1.807, 2.05) is 9.80 Å². The predicted octanol–water partition coefficient (Wildman–Crippen LogP) is 1.33. The molecule has 2 unspecified atom stereocenters. The number of hydrogen-bond acceptors (Lipinski definition) is 3. The highest BCUT2D eigenvalue weighted by Crippen LogP contribution is 2.20. The van der Waals surface area contributed by atoms with E-state index < -0.39 is 12.0 Å². The van der Waals surface area contributed by atoms with Gasteiger partial charge in [0, 0.05) is 12.6 Å². The van der Waals surface area contributed by atoms with Crippen molar-refractivity contribution < 1.29 is 14.7 Å². The second-order valence-electron chi connectivity index (χ2n) is 5.75. The number of carboxylic acids is 1.